The van der Waals surface area contributed by atoms with Gasteiger partial charge in [-0.25, -0.2) is 14.8 Å². The van der Waals surface area contributed by atoms with Gasteiger partial charge in [0.05, 0.1) is 6.54 Å². The maximum atomic E-state index is 9.81. The summed E-state index contributed by atoms with van der Waals surface area (Å²) in [5, 5.41) is 0.359. The minimum atomic E-state index is 0.217. The molecule has 0 bridgehead atoms. The van der Waals surface area contributed by atoms with Crippen LogP contribution in [0.5, 0.6) is 0 Å². The molecule has 0 saturated carbocycles. The summed E-state index contributed by atoms with van der Waals surface area (Å²) in [7, 11) is 0. The largest absolute Gasteiger partial charge is 0.243 e. The van der Waals surface area contributed by atoms with Crippen LogP contribution in [-0.2, 0) is 11.3 Å². The highest BCUT2D eigenvalue weighted by Crippen LogP contribution is 2.18. The SMILES string of the molecule is O=C=NCc1cc(Br)cnc1Cl. The van der Waals surface area contributed by atoms with Gasteiger partial charge in [0.2, 0.25) is 6.08 Å². The van der Waals surface area contributed by atoms with Crippen LogP contribution >= 0.6 is 27.5 Å². The summed E-state index contributed by atoms with van der Waals surface area (Å²) in [6, 6.07) is 1.76. The third-order valence-corrected chi connectivity index (χ3v) is 1.97. The van der Waals surface area contributed by atoms with E-state index in [-0.39, 0.29) is 6.54 Å². The summed E-state index contributed by atoms with van der Waals surface area (Å²) < 4.78 is 0.808. The van der Waals surface area contributed by atoms with Gasteiger partial charge in [-0.2, -0.15) is 0 Å². The quantitative estimate of drug-likeness (QED) is 0.457. The van der Waals surface area contributed by atoms with E-state index >= 15 is 0 Å². The normalized spacial score (nSPS) is 9.17. The van der Waals surface area contributed by atoms with Crippen LogP contribution in [0.25, 0.3) is 0 Å². The summed E-state index contributed by atoms with van der Waals surface area (Å²) >= 11 is 8.94. The lowest BCUT2D eigenvalue weighted by Gasteiger charge is -1.98. The molecule has 0 aliphatic carbocycles. The van der Waals surface area contributed by atoms with Crippen molar-refractivity contribution in [3.63, 3.8) is 0 Å². The molecule has 0 saturated heterocycles. The Balaban J connectivity index is 2.96. The van der Waals surface area contributed by atoms with Crippen LogP contribution in [0, 0.1) is 0 Å². The van der Waals surface area contributed by atoms with Crippen LogP contribution in [0.15, 0.2) is 21.7 Å². The molecule has 0 amide bonds. The molecule has 0 spiro atoms. The lowest BCUT2D eigenvalue weighted by molar-refractivity contribution is 0.563. The predicted molar refractivity (Wildman–Crippen MR) is 48.8 cm³/mol. The van der Waals surface area contributed by atoms with Gasteiger partial charge in [0.1, 0.15) is 5.15 Å². The third kappa shape index (κ3) is 2.41. The van der Waals surface area contributed by atoms with E-state index in [4.69, 9.17) is 11.6 Å². The van der Waals surface area contributed by atoms with Gasteiger partial charge in [0.15, 0.2) is 0 Å². The number of rotatable bonds is 2. The van der Waals surface area contributed by atoms with Gasteiger partial charge in [-0.1, -0.05) is 11.6 Å². The minimum absolute atomic E-state index is 0.217. The summed E-state index contributed by atoms with van der Waals surface area (Å²) in [5.74, 6) is 0. The van der Waals surface area contributed by atoms with Crippen LogP contribution < -0.4 is 0 Å². The van der Waals surface area contributed by atoms with Gasteiger partial charge in [-0.15, -0.1) is 0 Å². The molecule has 0 aromatic carbocycles. The van der Waals surface area contributed by atoms with Crippen molar-refractivity contribution in [2.24, 2.45) is 4.99 Å². The number of hydrogen-bond acceptors (Lipinski definition) is 3. The molecule has 1 aromatic heterocycles. The molecule has 1 aromatic rings. The zero-order valence-electron chi connectivity index (χ0n) is 5.92. The molecule has 5 heteroatoms. The molecule has 0 fully saturated rings. The van der Waals surface area contributed by atoms with Crippen molar-refractivity contribution in [3.05, 3.63) is 27.5 Å². The van der Waals surface area contributed by atoms with Crippen molar-refractivity contribution in [2.75, 3.05) is 0 Å². The van der Waals surface area contributed by atoms with E-state index in [9.17, 15) is 4.79 Å². The van der Waals surface area contributed by atoms with E-state index in [2.05, 4.69) is 25.9 Å². The molecule has 0 radical (unpaired) electrons. The van der Waals surface area contributed by atoms with Gasteiger partial charge >= 0.3 is 0 Å². The molecule has 12 heavy (non-hydrogen) atoms. The smallest absolute Gasteiger partial charge is 0.235 e. The number of hydrogen-bond donors (Lipinski definition) is 0. The zero-order valence-corrected chi connectivity index (χ0v) is 8.26. The Morgan fingerprint density at radius 2 is 2.50 bits per heavy atom. The van der Waals surface area contributed by atoms with E-state index in [1.807, 2.05) is 0 Å². The first-order chi connectivity index (χ1) is 5.74. The molecule has 0 atom stereocenters. The summed E-state index contributed by atoms with van der Waals surface area (Å²) in [6.45, 7) is 0.217. The summed E-state index contributed by atoms with van der Waals surface area (Å²) in [5.41, 5.74) is 0.703. The van der Waals surface area contributed by atoms with Crippen molar-refractivity contribution in [2.45, 2.75) is 6.54 Å². The molecule has 3 nitrogen and oxygen atoms in total. The molecule has 0 aliphatic rings. The Bertz CT molecular complexity index is 336. The minimum Gasteiger partial charge on any atom is -0.243 e. The van der Waals surface area contributed by atoms with Gasteiger partial charge in [0, 0.05) is 16.2 Å². The fourth-order valence-corrected chi connectivity index (χ4v) is 1.23. The molecule has 0 N–H and O–H groups in total. The maximum absolute atomic E-state index is 9.81. The summed E-state index contributed by atoms with van der Waals surface area (Å²) in [6.07, 6.45) is 3.02. The standard InChI is InChI=1S/C7H4BrClN2O/c8-6-1-5(2-10-4-12)7(9)11-3-6/h1,3H,2H2. The van der Waals surface area contributed by atoms with Crippen LogP contribution in [0.3, 0.4) is 0 Å². The topological polar surface area (TPSA) is 42.3 Å². The number of carbonyl (C=O) groups excluding carboxylic acids is 1. The molecule has 0 unspecified atom stereocenters. The fourth-order valence-electron chi connectivity index (χ4n) is 0.693. The second-order valence-electron chi connectivity index (χ2n) is 2.01. The van der Waals surface area contributed by atoms with Crippen LogP contribution in [0.4, 0.5) is 0 Å². The molecule has 62 valence electrons. The van der Waals surface area contributed by atoms with Crippen molar-refractivity contribution < 1.29 is 4.79 Å². The molecular formula is C7H4BrClN2O. The average molecular weight is 247 g/mol. The van der Waals surface area contributed by atoms with E-state index < -0.39 is 0 Å². The Labute approximate surface area is 82.6 Å². The lowest BCUT2D eigenvalue weighted by Crippen LogP contribution is -1.86. The van der Waals surface area contributed by atoms with Gasteiger partial charge in [-0.05, 0) is 22.0 Å². The Hall–Kier alpha value is -0.700. The van der Waals surface area contributed by atoms with Crippen molar-refractivity contribution >= 4 is 33.6 Å². The Morgan fingerprint density at radius 3 is 3.17 bits per heavy atom. The van der Waals surface area contributed by atoms with E-state index in [1.54, 1.807) is 12.3 Å². The molecule has 0 aliphatic heterocycles. The Morgan fingerprint density at radius 1 is 1.75 bits per heavy atom. The highest BCUT2D eigenvalue weighted by atomic mass is 79.9. The van der Waals surface area contributed by atoms with Crippen LogP contribution in [0.2, 0.25) is 5.15 Å². The first kappa shape index (κ1) is 9.39. The first-order valence-electron chi connectivity index (χ1n) is 3.07. The second kappa shape index (κ2) is 4.36. The van der Waals surface area contributed by atoms with Crippen molar-refractivity contribution in [1.82, 2.24) is 4.98 Å². The Kier molecular flexibility index (Phi) is 3.41. The van der Waals surface area contributed by atoms with E-state index in [0.29, 0.717) is 10.7 Å². The highest BCUT2D eigenvalue weighted by molar-refractivity contribution is 9.10. The number of halogens is 2. The van der Waals surface area contributed by atoms with Crippen molar-refractivity contribution in [3.8, 4) is 0 Å². The van der Waals surface area contributed by atoms with Gasteiger partial charge in [-0.3, -0.25) is 0 Å². The van der Waals surface area contributed by atoms with Crippen LogP contribution in [0.1, 0.15) is 5.56 Å². The second-order valence-corrected chi connectivity index (χ2v) is 3.28. The zero-order chi connectivity index (χ0) is 8.97. The lowest BCUT2D eigenvalue weighted by atomic mass is 10.3. The molecule has 1 heterocycles. The predicted octanol–water partition coefficient (Wildman–Crippen LogP) is 2.33. The fraction of sp³-hybridized carbons (Fsp3) is 0.143. The van der Waals surface area contributed by atoms with Gasteiger partial charge < -0.3 is 0 Å². The average Bonchev–Trinajstić information content (AvgIpc) is 2.07. The highest BCUT2D eigenvalue weighted by Gasteiger charge is 2.00. The molecular weight excluding hydrogens is 243 g/mol. The third-order valence-electron chi connectivity index (χ3n) is 1.19. The van der Waals surface area contributed by atoms with E-state index in [0.717, 1.165) is 4.47 Å². The van der Waals surface area contributed by atoms with Crippen molar-refractivity contribution in [1.29, 1.82) is 0 Å². The number of pyridine rings is 1. The van der Waals surface area contributed by atoms with E-state index in [1.165, 1.54) is 6.08 Å². The number of isocyanates is 1. The maximum Gasteiger partial charge on any atom is 0.235 e. The summed E-state index contributed by atoms with van der Waals surface area (Å²) in [4.78, 5) is 17.1. The number of aliphatic imine (C=N–C) groups is 1. The number of aromatic nitrogens is 1. The monoisotopic (exact) mass is 246 g/mol. The molecule has 1 rings (SSSR count). The number of nitrogens with zero attached hydrogens (tertiary/aromatic N) is 2. The van der Waals surface area contributed by atoms with Crippen LogP contribution in [-0.4, -0.2) is 11.1 Å². The first-order valence-corrected chi connectivity index (χ1v) is 4.24. The van der Waals surface area contributed by atoms with Gasteiger partial charge in [0.25, 0.3) is 0 Å².